The van der Waals surface area contributed by atoms with Crippen molar-refractivity contribution in [2.24, 2.45) is 5.92 Å². The van der Waals surface area contributed by atoms with Crippen LogP contribution in [0.1, 0.15) is 64.6 Å². The van der Waals surface area contributed by atoms with Crippen LogP contribution >= 0.6 is 15.9 Å². The Morgan fingerprint density at radius 2 is 2.04 bits per heavy atom. The lowest BCUT2D eigenvalue weighted by atomic mass is 9.82. The predicted octanol–water partition coefficient (Wildman–Crippen LogP) is 5.18. The van der Waals surface area contributed by atoms with Crippen molar-refractivity contribution in [3.8, 4) is 0 Å². The molecule has 1 aromatic heterocycles. The van der Waals surface area contributed by atoms with Crippen LogP contribution in [0.25, 0.3) is 10.9 Å². The van der Waals surface area contributed by atoms with Gasteiger partial charge in [-0.15, -0.1) is 0 Å². The fraction of sp³-hybridized carbons (Fsp3) is 0.636. The maximum Gasteiger partial charge on any atom is 0.261 e. The smallest absolute Gasteiger partial charge is 0.261 e. The van der Waals surface area contributed by atoms with Crippen LogP contribution in [0.4, 0.5) is 0 Å². The van der Waals surface area contributed by atoms with Gasteiger partial charge in [0.25, 0.3) is 5.56 Å². The van der Waals surface area contributed by atoms with Crippen LogP contribution in [0.5, 0.6) is 0 Å². The number of likely N-dealkylation sites (tertiary alicyclic amines) is 1. The Bertz CT molecular complexity index is 835. The standard InChI is InChI=1S/C22H32BrN3O/c1-5-7-18(16-9-8-15(3)25(4)13-12-16)21-24-20-11-10-17(23)14-19(20)22(27)26(21)6-2/h10-11,14-16,18H,5-9,12-13H2,1-4H3/t15-,16-,18-/m1/s1. The summed E-state index contributed by atoms with van der Waals surface area (Å²) in [6, 6.07) is 6.48. The molecule has 0 N–H and O–H groups in total. The average Bonchev–Trinajstić information content (AvgIpc) is 2.82. The summed E-state index contributed by atoms with van der Waals surface area (Å²) >= 11 is 3.49. The average molecular weight is 434 g/mol. The summed E-state index contributed by atoms with van der Waals surface area (Å²) < 4.78 is 2.85. The molecular formula is C22H32BrN3O. The molecule has 27 heavy (non-hydrogen) atoms. The van der Waals surface area contributed by atoms with E-state index in [1.165, 1.54) is 19.3 Å². The number of nitrogens with zero attached hydrogens (tertiary/aromatic N) is 3. The molecule has 0 saturated carbocycles. The lowest BCUT2D eigenvalue weighted by Crippen LogP contribution is -2.30. The van der Waals surface area contributed by atoms with Gasteiger partial charge in [-0.1, -0.05) is 29.3 Å². The lowest BCUT2D eigenvalue weighted by molar-refractivity contribution is 0.261. The Kier molecular flexibility index (Phi) is 6.74. The molecule has 2 heterocycles. The SMILES string of the molecule is CCC[C@@H](c1nc2ccc(Br)cc2c(=O)n1CC)[C@@H]1CC[C@@H](C)N(C)CC1. The van der Waals surface area contributed by atoms with Crippen LogP contribution in [0.2, 0.25) is 0 Å². The number of benzene rings is 1. The van der Waals surface area contributed by atoms with Crippen LogP contribution in [-0.4, -0.2) is 34.1 Å². The summed E-state index contributed by atoms with van der Waals surface area (Å²) in [4.78, 5) is 20.7. The van der Waals surface area contributed by atoms with E-state index in [1.54, 1.807) is 0 Å². The van der Waals surface area contributed by atoms with Gasteiger partial charge in [0.1, 0.15) is 5.82 Å². The van der Waals surface area contributed by atoms with E-state index in [0.29, 0.717) is 29.8 Å². The summed E-state index contributed by atoms with van der Waals surface area (Å²) in [5.41, 5.74) is 0.919. The van der Waals surface area contributed by atoms with Crippen molar-refractivity contribution in [1.29, 1.82) is 0 Å². The number of rotatable bonds is 5. The first-order valence-corrected chi connectivity index (χ1v) is 11.2. The minimum absolute atomic E-state index is 0.0963. The van der Waals surface area contributed by atoms with Gasteiger partial charge in [-0.2, -0.15) is 0 Å². The number of fused-ring (bicyclic) bond motifs is 1. The van der Waals surface area contributed by atoms with Crippen LogP contribution in [0.15, 0.2) is 27.5 Å². The van der Waals surface area contributed by atoms with E-state index in [0.717, 1.165) is 35.2 Å². The molecule has 0 spiro atoms. The molecule has 1 aliphatic rings. The van der Waals surface area contributed by atoms with Gasteiger partial charge < -0.3 is 4.90 Å². The number of halogens is 1. The molecule has 0 bridgehead atoms. The van der Waals surface area contributed by atoms with E-state index in [1.807, 2.05) is 22.8 Å². The number of hydrogen-bond donors (Lipinski definition) is 0. The van der Waals surface area contributed by atoms with E-state index < -0.39 is 0 Å². The highest BCUT2D eigenvalue weighted by molar-refractivity contribution is 9.10. The summed E-state index contributed by atoms with van der Waals surface area (Å²) in [7, 11) is 2.23. The molecule has 0 unspecified atom stereocenters. The van der Waals surface area contributed by atoms with E-state index in [9.17, 15) is 4.79 Å². The first-order chi connectivity index (χ1) is 13.0. The molecule has 4 nitrogen and oxygen atoms in total. The largest absolute Gasteiger partial charge is 0.304 e. The highest BCUT2D eigenvalue weighted by Crippen LogP contribution is 2.36. The monoisotopic (exact) mass is 433 g/mol. The Labute approximate surface area is 171 Å². The first kappa shape index (κ1) is 20.5. The van der Waals surface area contributed by atoms with Gasteiger partial charge in [-0.25, -0.2) is 4.98 Å². The van der Waals surface area contributed by atoms with Crippen molar-refractivity contribution < 1.29 is 0 Å². The van der Waals surface area contributed by atoms with E-state index in [-0.39, 0.29) is 5.56 Å². The number of hydrogen-bond acceptors (Lipinski definition) is 3. The Morgan fingerprint density at radius 3 is 2.74 bits per heavy atom. The fourth-order valence-electron chi connectivity index (χ4n) is 4.50. The van der Waals surface area contributed by atoms with Crippen molar-refractivity contribution >= 4 is 26.8 Å². The zero-order valence-electron chi connectivity index (χ0n) is 17.0. The molecule has 1 saturated heterocycles. The van der Waals surface area contributed by atoms with Crippen molar-refractivity contribution in [1.82, 2.24) is 14.5 Å². The van der Waals surface area contributed by atoms with Crippen molar-refractivity contribution in [3.63, 3.8) is 0 Å². The third-order valence-corrected chi connectivity index (χ3v) is 6.82. The second kappa shape index (κ2) is 8.87. The Balaban J connectivity index is 2.08. The summed E-state index contributed by atoms with van der Waals surface area (Å²) in [6.45, 7) is 8.43. The summed E-state index contributed by atoms with van der Waals surface area (Å²) in [5.74, 6) is 1.95. The van der Waals surface area contributed by atoms with Gasteiger partial charge >= 0.3 is 0 Å². The van der Waals surface area contributed by atoms with Gasteiger partial charge in [0, 0.05) is 23.0 Å². The zero-order valence-corrected chi connectivity index (χ0v) is 18.6. The third kappa shape index (κ3) is 4.29. The first-order valence-electron chi connectivity index (χ1n) is 10.4. The molecule has 1 fully saturated rings. The molecule has 0 aliphatic carbocycles. The Hall–Kier alpha value is -1.20. The minimum Gasteiger partial charge on any atom is -0.304 e. The maximum atomic E-state index is 13.2. The molecule has 3 atom stereocenters. The van der Waals surface area contributed by atoms with Gasteiger partial charge in [0.15, 0.2) is 0 Å². The molecule has 0 radical (unpaired) electrons. The lowest BCUT2D eigenvalue weighted by Gasteiger charge is -2.28. The van der Waals surface area contributed by atoms with Gasteiger partial charge in [0.2, 0.25) is 0 Å². The van der Waals surface area contributed by atoms with Crippen LogP contribution < -0.4 is 5.56 Å². The Morgan fingerprint density at radius 1 is 1.26 bits per heavy atom. The molecule has 2 aromatic rings. The van der Waals surface area contributed by atoms with Gasteiger partial charge in [0.05, 0.1) is 10.9 Å². The zero-order chi connectivity index (χ0) is 19.6. The molecule has 0 amide bonds. The fourth-order valence-corrected chi connectivity index (χ4v) is 4.86. The molecule has 3 rings (SSSR count). The molecule has 5 heteroatoms. The van der Waals surface area contributed by atoms with E-state index in [2.05, 4.69) is 48.6 Å². The molecular weight excluding hydrogens is 402 g/mol. The van der Waals surface area contributed by atoms with Gasteiger partial charge in [-0.05, 0) is 77.2 Å². The summed E-state index contributed by atoms with van der Waals surface area (Å²) in [5, 5.41) is 0.708. The maximum absolute atomic E-state index is 13.2. The topological polar surface area (TPSA) is 38.1 Å². The van der Waals surface area contributed by atoms with Crippen LogP contribution in [0.3, 0.4) is 0 Å². The highest BCUT2D eigenvalue weighted by atomic mass is 79.9. The third-order valence-electron chi connectivity index (χ3n) is 6.32. The van der Waals surface area contributed by atoms with Crippen molar-refractivity contribution in [3.05, 3.63) is 38.9 Å². The number of aromatic nitrogens is 2. The predicted molar refractivity (Wildman–Crippen MR) is 116 cm³/mol. The van der Waals surface area contributed by atoms with Gasteiger partial charge in [-0.3, -0.25) is 9.36 Å². The minimum atomic E-state index is 0.0963. The quantitative estimate of drug-likeness (QED) is 0.651. The van der Waals surface area contributed by atoms with Crippen LogP contribution in [0, 0.1) is 5.92 Å². The van der Waals surface area contributed by atoms with Crippen LogP contribution in [-0.2, 0) is 6.54 Å². The molecule has 1 aliphatic heterocycles. The van der Waals surface area contributed by atoms with E-state index in [4.69, 9.17) is 4.98 Å². The second-order valence-corrected chi connectivity index (χ2v) is 8.95. The van der Waals surface area contributed by atoms with Crippen molar-refractivity contribution in [2.75, 3.05) is 13.6 Å². The highest BCUT2D eigenvalue weighted by Gasteiger charge is 2.30. The second-order valence-electron chi connectivity index (χ2n) is 8.03. The molecule has 1 aromatic carbocycles. The van der Waals surface area contributed by atoms with E-state index >= 15 is 0 Å². The normalized spacial score (nSPS) is 22.7. The molecule has 148 valence electrons. The summed E-state index contributed by atoms with van der Waals surface area (Å²) in [6.07, 6.45) is 5.83. The van der Waals surface area contributed by atoms with Crippen molar-refractivity contribution in [2.45, 2.75) is 71.4 Å².